The number of hydrogen-bond acceptors (Lipinski definition) is 2. The van der Waals surface area contributed by atoms with Gasteiger partial charge in [0, 0.05) is 0 Å². The van der Waals surface area contributed by atoms with Crippen LogP contribution in [-0.2, 0) is 0 Å². The second kappa shape index (κ2) is 2.39. The van der Waals surface area contributed by atoms with E-state index in [4.69, 9.17) is 0 Å². The van der Waals surface area contributed by atoms with E-state index in [2.05, 4.69) is 4.98 Å². The Kier molecular flexibility index (Phi) is 1.76. The molecular weight excluding hydrogens is 230 g/mol. The molecule has 0 bridgehead atoms. The van der Waals surface area contributed by atoms with Crippen molar-refractivity contribution in [2.45, 2.75) is 0 Å². The Morgan fingerprint density at radius 3 is 2.67 bits per heavy atom. The first-order valence-corrected chi connectivity index (χ1v) is 3.36. The van der Waals surface area contributed by atoms with Crippen LogP contribution in [0.4, 0.5) is 0 Å². The maximum absolute atomic E-state index is 10.6. The van der Waals surface area contributed by atoms with Crippen molar-refractivity contribution in [2.24, 2.45) is 0 Å². The van der Waals surface area contributed by atoms with E-state index in [1.807, 2.05) is 0 Å². The van der Waals surface area contributed by atoms with E-state index in [0.29, 0.717) is 0 Å². The minimum atomic E-state index is -0.364. The quantitative estimate of drug-likeness (QED) is 0.552. The number of aromatic nitrogens is 2. The number of hydrogen-bond donors (Lipinski definition) is 1. The molecule has 46 valence electrons. The average Bonchev–Trinajstić information content (AvgIpc) is 1.83. The molecule has 0 amide bonds. The summed E-state index contributed by atoms with van der Waals surface area (Å²) in [6, 6.07) is 1.31. The first-order valence-electron chi connectivity index (χ1n) is 2.22. The van der Waals surface area contributed by atoms with Gasteiger partial charge in [-0.25, -0.2) is 0 Å². The van der Waals surface area contributed by atoms with E-state index >= 15 is 0 Å². The fourth-order valence-corrected chi connectivity index (χ4v) is 0.771. The van der Waals surface area contributed by atoms with Crippen LogP contribution in [0.3, 0.4) is 0 Å². The Hall–Kier alpha value is -0.502. The Balaban J connectivity index is 3.62. The predicted octanol–water partition coefficient (Wildman–Crippen LogP) is -1.53. The molecule has 9 heavy (non-hydrogen) atoms. The molecule has 0 spiro atoms. The normalized spacial score (nSPS) is 9.44. The minimum absolute atomic E-state index is 0.271. The molecule has 0 fully saturated rings. The molecule has 0 atom stereocenters. The molecular formula is C4H3N2O2Sb. The molecule has 1 heterocycles. The van der Waals surface area contributed by atoms with Gasteiger partial charge in [0.15, 0.2) is 0 Å². The van der Waals surface area contributed by atoms with Crippen molar-refractivity contribution in [3.63, 3.8) is 0 Å². The van der Waals surface area contributed by atoms with Gasteiger partial charge in [0.25, 0.3) is 0 Å². The summed E-state index contributed by atoms with van der Waals surface area (Å²) in [6.45, 7) is 0. The number of H-pyrrole nitrogens is 1. The summed E-state index contributed by atoms with van der Waals surface area (Å²) in [5.41, 5.74) is -0.635. The van der Waals surface area contributed by atoms with E-state index < -0.39 is 0 Å². The van der Waals surface area contributed by atoms with Crippen LogP contribution in [0.2, 0.25) is 0 Å². The zero-order valence-corrected chi connectivity index (χ0v) is 6.92. The molecule has 2 radical (unpaired) electrons. The molecule has 0 saturated heterocycles. The third-order valence-electron chi connectivity index (χ3n) is 0.834. The molecule has 4 nitrogen and oxygen atoms in total. The van der Waals surface area contributed by atoms with E-state index in [-0.39, 0.29) is 11.2 Å². The monoisotopic (exact) mass is 232 g/mol. The van der Waals surface area contributed by atoms with Crippen LogP contribution in [0.1, 0.15) is 0 Å². The molecule has 1 N–H and O–H groups in total. The van der Waals surface area contributed by atoms with Crippen LogP contribution in [0, 0.1) is 0 Å². The number of nitrogens with one attached hydrogen (secondary N) is 1. The van der Waals surface area contributed by atoms with Gasteiger partial charge in [0.1, 0.15) is 0 Å². The number of rotatable bonds is 0. The Bertz CT molecular complexity index is 285. The van der Waals surface area contributed by atoms with Gasteiger partial charge in [-0.05, 0) is 0 Å². The fourth-order valence-electron chi connectivity index (χ4n) is 0.416. The summed E-state index contributed by atoms with van der Waals surface area (Å²) in [7, 11) is 0. The molecule has 5 heteroatoms. The average molecular weight is 233 g/mol. The van der Waals surface area contributed by atoms with Gasteiger partial charge < -0.3 is 0 Å². The Morgan fingerprint density at radius 2 is 2.22 bits per heavy atom. The molecule has 1 rings (SSSR count). The van der Waals surface area contributed by atoms with Gasteiger partial charge >= 0.3 is 64.1 Å². The van der Waals surface area contributed by atoms with Gasteiger partial charge in [-0.2, -0.15) is 0 Å². The predicted molar refractivity (Wildman–Crippen MR) is 32.5 cm³/mol. The van der Waals surface area contributed by atoms with Crippen molar-refractivity contribution in [2.75, 3.05) is 0 Å². The van der Waals surface area contributed by atoms with Crippen molar-refractivity contribution in [3.05, 3.63) is 33.1 Å². The van der Waals surface area contributed by atoms with Crippen molar-refractivity contribution in [1.82, 2.24) is 7.71 Å². The fraction of sp³-hybridized carbons (Fsp3) is 0. The van der Waals surface area contributed by atoms with Gasteiger partial charge in [-0.3, -0.25) is 0 Å². The summed E-state index contributed by atoms with van der Waals surface area (Å²) in [5, 5.41) is 0. The third-order valence-corrected chi connectivity index (χ3v) is 1.91. The van der Waals surface area contributed by atoms with Crippen molar-refractivity contribution in [3.8, 4) is 0 Å². The molecule has 0 aliphatic heterocycles. The van der Waals surface area contributed by atoms with Crippen molar-refractivity contribution >= 4 is 23.3 Å². The van der Waals surface area contributed by atoms with Crippen LogP contribution in [0.25, 0.3) is 0 Å². The van der Waals surface area contributed by atoms with E-state index in [1.165, 1.54) is 12.3 Å². The molecule has 0 unspecified atom stereocenters. The standard InChI is InChI=1S/C4H4N2O2.Sb/c7-3-1-2-5-4(8)6-3;/h1-2H,(H2,5,6,7,8);/q;+1/p-1. The molecule has 1 aromatic rings. The second-order valence-electron chi connectivity index (χ2n) is 1.43. The van der Waals surface area contributed by atoms with Gasteiger partial charge in [-0.1, -0.05) is 0 Å². The first-order chi connectivity index (χ1) is 4.22. The first kappa shape index (κ1) is 6.62. The van der Waals surface area contributed by atoms with E-state index in [9.17, 15) is 9.59 Å². The van der Waals surface area contributed by atoms with Crippen LogP contribution in [-0.4, -0.2) is 31.0 Å². The van der Waals surface area contributed by atoms with E-state index in [1.54, 1.807) is 0 Å². The summed E-state index contributed by atoms with van der Waals surface area (Å²) in [4.78, 5) is 23.5. The van der Waals surface area contributed by atoms with Gasteiger partial charge in [0.05, 0.1) is 0 Å². The Morgan fingerprint density at radius 1 is 1.56 bits per heavy atom. The molecule has 0 aliphatic rings. The van der Waals surface area contributed by atoms with Crippen molar-refractivity contribution in [1.29, 1.82) is 0 Å². The molecule has 0 aromatic carbocycles. The summed E-state index contributed by atoms with van der Waals surface area (Å²) in [5.74, 6) is 0. The Labute approximate surface area is 64.4 Å². The molecule has 1 aromatic heterocycles. The second-order valence-corrected chi connectivity index (χ2v) is 2.57. The summed E-state index contributed by atoms with van der Waals surface area (Å²) >= 11 is 1.07. The number of nitrogens with zero attached hydrogens (tertiary/aromatic N) is 1. The molecule has 0 saturated carbocycles. The zero-order chi connectivity index (χ0) is 6.85. The van der Waals surface area contributed by atoms with E-state index in [0.717, 1.165) is 26.0 Å². The van der Waals surface area contributed by atoms with Gasteiger partial charge in [-0.15, -0.1) is 0 Å². The summed E-state index contributed by atoms with van der Waals surface area (Å²) in [6.07, 6.45) is 1.33. The SMILES string of the molecule is O=c1cc[nH]c(=O)[n]1[Sb]. The topological polar surface area (TPSA) is 54.9 Å². The summed E-state index contributed by atoms with van der Waals surface area (Å²) < 4.78 is 1.05. The van der Waals surface area contributed by atoms with Crippen LogP contribution < -0.4 is 11.2 Å². The number of aromatic amines is 1. The van der Waals surface area contributed by atoms with Crippen molar-refractivity contribution < 1.29 is 0 Å². The maximum atomic E-state index is 10.6. The molecule has 0 aliphatic carbocycles. The zero-order valence-electron chi connectivity index (χ0n) is 4.37. The third kappa shape index (κ3) is 1.24. The van der Waals surface area contributed by atoms with Crippen LogP contribution >= 0.6 is 0 Å². The van der Waals surface area contributed by atoms with Crippen LogP contribution in [0.5, 0.6) is 0 Å². The van der Waals surface area contributed by atoms with Gasteiger partial charge in [0.2, 0.25) is 0 Å². The van der Waals surface area contributed by atoms with Crippen LogP contribution in [0.15, 0.2) is 21.9 Å².